The molecule has 2 rings (SSSR count). The van der Waals surface area contributed by atoms with Crippen LogP contribution < -0.4 is 14.8 Å². The van der Waals surface area contributed by atoms with Crippen molar-refractivity contribution in [2.45, 2.75) is 6.54 Å². The highest BCUT2D eigenvalue weighted by Crippen LogP contribution is 2.28. The Morgan fingerprint density at radius 1 is 1.10 bits per heavy atom. The number of nitrogens with one attached hydrogen (secondary N) is 1. The van der Waals surface area contributed by atoms with Crippen molar-refractivity contribution >= 4 is 21.6 Å². The van der Waals surface area contributed by atoms with Crippen LogP contribution in [0.5, 0.6) is 11.5 Å². The number of anilines is 1. The monoisotopic (exact) mass is 346 g/mol. The number of methoxy groups -OCH3 is 2. The summed E-state index contributed by atoms with van der Waals surface area (Å²) in [4.78, 5) is 0. The number of halogens is 1. The first-order chi connectivity index (χ1) is 10.2. The van der Waals surface area contributed by atoms with Gasteiger partial charge in [0, 0.05) is 11.0 Å². The van der Waals surface area contributed by atoms with Crippen LogP contribution in [0.4, 0.5) is 5.69 Å². The number of rotatable bonds is 5. The van der Waals surface area contributed by atoms with E-state index in [1.54, 1.807) is 20.3 Å². The smallest absolute Gasteiger partial charge is 0.142 e. The summed E-state index contributed by atoms with van der Waals surface area (Å²) in [6.45, 7) is 0.589. The van der Waals surface area contributed by atoms with Gasteiger partial charge < -0.3 is 14.8 Å². The zero-order chi connectivity index (χ0) is 15.2. The minimum atomic E-state index is 0.526. The third-order valence-corrected chi connectivity index (χ3v) is 3.52. The lowest BCUT2D eigenvalue weighted by molar-refractivity contribution is 0.413. The van der Waals surface area contributed by atoms with E-state index >= 15 is 0 Å². The first-order valence-corrected chi connectivity index (χ1v) is 7.11. The first-order valence-electron chi connectivity index (χ1n) is 6.32. The molecule has 0 aliphatic rings. The van der Waals surface area contributed by atoms with E-state index in [4.69, 9.17) is 14.7 Å². The van der Waals surface area contributed by atoms with Crippen LogP contribution in [0.25, 0.3) is 0 Å². The molecule has 0 atom stereocenters. The lowest BCUT2D eigenvalue weighted by atomic mass is 10.1. The van der Waals surface area contributed by atoms with Crippen molar-refractivity contribution in [3.63, 3.8) is 0 Å². The van der Waals surface area contributed by atoms with Gasteiger partial charge in [0.05, 0.1) is 25.5 Å². The van der Waals surface area contributed by atoms with E-state index < -0.39 is 0 Å². The maximum Gasteiger partial charge on any atom is 0.142 e. The van der Waals surface area contributed by atoms with Crippen LogP contribution in [0, 0.1) is 11.3 Å². The number of nitriles is 1. The standard InChI is InChI=1S/C16H15BrN2O2/c1-20-15-5-3-11(7-12(15)9-18)10-19-14-8-13(17)4-6-16(14)21-2/h3-8,19H,10H2,1-2H3. The van der Waals surface area contributed by atoms with Crippen LogP contribution in [0.1, 0.15) is 11.1 Å². The summed E-state index contributed by atoms with van der Waals surface area (Å²) < 4.78 is 11.4. The summed E-state index contributed by atoms with van der Waals surface area (Å²) >= 11 is 3.44. The Hall–Kier alpha value is -2.19. The van der Waals surface area contributed by atoms with Gasteiger partial charge in [-0.15, -0.1) is 0 Å². The molecule has 0 aliphatic carbocycles. The van der Waals surface area contributed by atoms with Gasteiger partial charge in [0.15, 0.2) is 0 Å². The van der Waals surface area contributed by atoms with E-state index in [2.05, 4.69) is 27.3 Å². The molecule has 1 N–H and O–H groups in total. The molecule has 0 amide bonds. The Bertz CT molecular complexity index is 680. The third kappa shape index (κ3) is 3.67. The summed E-state index contributed by atoms with van der Waals surface area (Å²) in [6.07, 6.45) is 0. The summed E-state index contributed by atoms with van der Waals surface area (Å²) in [5.74, 6) is 1.36. The molecule has 0 spiro atoms. The fraction of sp³-hybridized carbons (Fsp3) is 0.188. The molecule has 0 saturated carbocycles. The van der Waals surface area contributed by atoms with Crippen LogP contribution >= 0.6 is 15.9 Å². The highest BCUT2D eigenvalue weighted by atomic mass is 79.9. The molecule has 0 bridgehead atoms. The summed E-state index contributed by atoms with van der Waals surface area (Å²) in [6, 6.07) is 13.4. The van der Waals surface area contributed by atoms with E-state index in [9.17, 15) is 0 Å². The fourth-order valence-electron chi connectivity index (χ4n) is 1.97. The zero-order valence-electron chi connectivity index (χ0n) is 11.8. The van der Waals surface area contributed by atoms with Crippen LogP contribution in [0.15, 0.2) is 40.9 Å². The highest BCUT2D eigenvalue weighted by molar-refractivity contribution is 9.10. The van der Waals surface area contributed by atoms with Crippen LogP contribution in [0.3, 0.4) is 0 Å². The molecule has 21 heavy (non-hydrogen) atoms. The molecular weight excluding hydrogens is 332 g/mol. The van der Waals surface area contributed by atoms with Crippen LogP contribution in [-0.2, 0) is 6.54 Å². The summed E-state index contributed by atoms with van der Waals surface area (Å²) in [5, 5.41) is 12.4. The number of nitrogens with zero attached hydrogens (tertiary/aromatic N) is 1. The molecule has 0 saturated heterocycles. The van der Waals surface area contributed by atoms with Crippen LogP contribution in [0.2, 0.25) is 0 Å². The second kappa shape index (κ2) is 7.00. The lowest BCUT2D eigenvalue weighted by Crippen LogP contribution is -2.02. The molecule has 0 aromatic heterocycles. The van der Waals surface area contributed by atoms with Gasteiger partial charge in [-0.1, -0.05) is 22.0 Å². The number of hydrogen-bond acceptors (Lipinski definition) is 4. The van der Waals surface area contributed by atoms with E-state index in [0.29, 0.717) is 17.9 Å². The Kier molecular flexibility index (Phi) is 5.07. The lowest BCUT2D eigenvalue weighted by Gasteiger charge is -2.12. The van der Waals surface area contributed by atoms with E-state index in [0.717, 1.165) is 21.5 Å². The van der Waals surface area contributed by atoms with Gasteiger partial charge in [0.25, 0.3) is 0 Å². The fourth-order valence-corrected chi connectivity index (χ4v) is 2.33. The molecule has 0 radical (unpaired) electrons. The molecule has 2 aromatic carbocycles. The normalized spacial score (nSPS) is 9.81. The predicted molar refractivity (Wildman–Crippen MR) is 85.7 cm³/mol. The molecule has 2 aromatic rings. The van der Waals surface area contributed by atoms with E-state index in [-0.39, 0.29) is 0 Å². The quantitative estimate of drug-likeness (QED) is 0.890. The van der Waals surface area contributed by atoms with Crippen molar-refractivity contribution in [1.82, 2.24) is 0 Å². The third-order valence-electron chi connectivity index (χ3n) is 3.03. The summed E-state index contributed by atoms with van der Waals surface area (Å²) in [7, 11) is 3.19. The molecule has 108 valence electrons. The Morgan fingerprint density at radius 3 is 2.48 bits per heavy atom. The largest absolute Gasteiger partial charge is 0.495 e. The number of ether oxygens (including phenoxy) is 2. The van der Waals surface area contributed by atoms with Gasteiger partial charge in [-0.25, -0.2) is 0 Å². The maximum absolute atomic E-state index is 9.10. The van der Waals surface area contributed by atoms with Gasteiger partial charge in [-0.2, -0.15) is 5.26 Å². The van der Waals surface area contributed by atoms with Gasteiger partial charge in [0.2, 0.25) is 0 Å². The minimum absolute atomic E-state index is 0.526. The SMILES string of the molecule is COc1ccc(CNc2cc(Br)ccc2OC)cc1C#N. The first kappa shape index (κ1) is 15.2. The molecular formula is C16H15BrN2O2. The van der Waals surface area contributed by atoms with Crippen LogP contribution in [-0.4, -0.2) is 14.2 Å². The van der Waals surface area contributed by atoms with E-state index in [1.807, 2.05) is 30.3 Å². The van der Waals surface area contributed by atoms with Gasteiger partial charge in [0.1, 0.15) is 17.6 Å². The van der Waals surface area contributed by atoms with Crippen molar-refractivity contribution in [2.24, 2.45) is 0 Å². The average molecular weight is 347 g/mol. The van der Waals surface area contributed by atoms with Gasteiger partial charge in [-0.3, -0.25) is 0 Å². The molecule has 4 nitrogen and oxygen atoms in total. The predicted octanol–water partition coefficient (Wildman–Crippen LogP) is 3.95. The van der Waals surface area contributed by atoms with Crippen molar-refractivity contribution in [3.05, 3.63) is 52.0 Å². The highest BCUT2D eigenvalue weighted by Gasteiger charge is 2.06. The number of benzene rings is 2. The van der Waals surface area contributed by atoms with Gasteiger partial charge in [-0.05, 0) is 35.9 Å². The molecule has 0 aliphatic heterocycles. The molecule has 5 heteroatoms. The second-order valence-corrected chi connectivity index (χ2v) is 5.26. The topological polar surface area (TPSA) is 54.3 Å². The Balaban J connectivity index is 2.17. The van der Waals surface area contributed by atoms with Crippen molar-refractivity contribution in [2.75, 3.05) is 19.5 Å². The zero-order valence-corrected chi connectivity index (χ0v) is 13.4. The number of hydrogen-bond donors (Lipinski definition) is 1. The van der Waals surface area contributed by atoms with Gasteiger partial charge >= 0.3 is 0 Å². The second-order valence-electron chi connectivity index (χ2n) is 4.34. The Morgan fingerprint density at radius 2 is 1.81 bits per heavy atom. The molecule has 0 unspecified atom stereocenters. The minimum Gasteiger partial charge on any atom is -0.495 e. The van der Waals surface area contributed by atoms with Crippen molar-refractivity contribution < 1.29 is 9.47 Å². The molecule has 0 fully saturated rings. The van der Waals surface area contributed by atoms with E-state index in [1.165, 1.54) is 0 Å². The summed E-state index contributed by atoms with van der Waals surface area (Å²) in [5.41, 5.74) is 2.41. The average Bonchev–Trinajstić information content (AvgIpc) is 2.52. The molecule has 0 heterocycles. The Labute approximate surface area is 132 Å². The van der Waals surface area contributed by atoms with Crippen molar-refractivity contribution in [3.8, 4) is 17.6 Å². The van der Waals surface area contributed by atoms with Crippen molar-refractivity contribution in [1.29, 1.82) is 5.26 Å². The maximum atomic E-state index is 9.10.